The zero-order valence-electron chi connectivity index (χ0n) is 12.6. The fourth-order valence-corrected chi connectivity index (χ4v) is 2.36. The lowest BCUT2D eigenvalue weighted by Crippen LogP contribution is -2.26. The van der Waals surface area contributed by atoms with E-state index in [2.05, 4.69) is 48.2 Å². The van der Waals surface area contributed by atoms with Crippen molar-refractivity contribution in [1.82, 2.24) is 9.97 Å². The largest absolute Gasteiger partial charge is 0.397 e. The summed E-state index contributed by atoms with van der Waals surface area (Å²) in [7, 11) is 0. The molecule has 0 saturated heterocycles. The summed E-state index contributed by atoms with van der Waals surface area (Å²) in [6.45, 7) is 6.35. The van der Waals surface area contributed by atoms with E-state index in [0.717, 1.165) is 33.5 Å². The van der Waals surface area contributed by atoms with Crippen molar-refractivity contribution in [1.29, 1.82) is 0 Å². The molecule has 0 radical (unpaired) electrons. The second kappa shape index (κ2) is 4.81. The summed E-state index contributed by atoms with van der Waals surface area (Å²) >= 11 is 0. The van der Waals surface area contributed by atoms with Gasteiger partial charge < -0.3 is 16.0 Å². The zero-order chi connectivity index (χ0) is 15.0. The molecule has 2 aromatic heterocycles. The number of aromatic amines is 1. The van der Waals surface area contributed by atoms with Gasteiger partial charge in [0.1, 0.15) is 5.65 Å². The van der Waals surface area contributed by atoms with Gasteiger partial charge in [-0.3, -0.25) is 0 Å². The van der Waals surface area contributed by atoms with Crippen LogP contribution in [0.3, 0.4) is 0 Å². The number of nitrogen functional groups attached to an aromatic ring is 1. The van der Waals surface area contributed by atoms with E-state index in [1.807, 2.05) is 30.6 Å². The minimum atomic E-state index is -0.0127. The lowest BCUT2D eigenvalue weighted by atomic mass is 10.0. The summed E-state index contributed by atoms with van der Waals surface area (Å²) in [4.78, 5) is 7.52. The minimum Gasteiger partial charge on any atom is -0.397 e. The Bertz CT molecular complexity index is 781. The standard InChI is InChI=1S/C17H20N4/c1-17(2,3)21-15-5-4-11(9-14(15)18)13-8-12-6-7-19-16(12)20-10-13/h4-10,21H,18H2,1-3H3,(H,19,20). The predicted octanol–water partition coefficient (Wildman–Crippen LogP) is 4.02. The van der Waals surface area contributed by atoms with Gasteiger partial charge in [-0.2, -0.15) is 0 Å². The Morgan fingerprint density at radius 1 is 1.10 bits per heavy atom. The lowest BCUT2D eigenvalue weighted by molar-refractivity contribution is 0.634. The molecule has 0 aliphatic carbocycles. The topological polar surface area (TPSA) is 66.7 Å². The first-order chi connectivity index (χ1) is 9.92. The highest BCUT2D eigenvalue weighted by Gasteiger charge is 2.12. The highest BCUT2D eigenvalue weighted by Crippen LogP contribution is 2.29. The molecule has 0 unspecified atom stereocenters. The van der Waals surface area contributed by atoms with E-state index in [-0.39, 0.29) is 5.54 Å². The first-order valence-electron chi connectivity index (χ1n) is 7.04. The van der Waals surface area contributed by atoms with Crippen LogP contribution in [0.1, 0.15) is 20.8 Å². The normalized spacial score (nSPS) is 11.8. The molecule has 0 amide bonds. The van der Waals surface area contributed by atoms with Crippen molar-refractivity contribution in [2.45, 2.75) is 26.3 Å². The van der Waals surface area contributed by atoms with Crippen LogP contribution in [0.15, 0.2) is 42.7 Å². The number of rotatable bonds is 2. The van der Waals surface area contributed by atoms with Crippen LogP contribution >= 0.6 is 0 Å². The molecule has 3 rings (SSSR count). The van der Waals surface area contributed by atoms with E-state index >= 15 is 0 Å². The van der Waals surface area contributed by atoms with Crippen LogP contribution in [-0.4, -0.2) is 15.5 Å². The quantitative estimate of drug-likeness (QED) is 0.621. The molecule has 1 aromatic carbocycles. The maximum atomic E-state index is 6.17. The third-order valence-electron chi connectivity index (χ3n) is 3.29. The Balaban J connectivity index is 1.97. The molecule has 21 heavy (non-hydrogen) atoms. The monoisotopic (exact) mass is 280 g/mol. The molecule has 2 heterocycles. The Morgan fingerprint density at radius 3 is 2.62 bits per heavy atom. The van der Waals surface area contributed by atoms with E-state index in [4.69, 9.17) is 5.73 Å². The summed E-state index contributed by atoms with van der Waals surface area (Å²) < 4.78 is 0. The molecule has 108 valence electrons. The summed E-state index contributed by atoms with van der Waals surface area (Å²) in [6.07, 6.45) is 3.76. The number of benzene rings is 1. The first-order valence-corrected chi connectivity index (χ1v) is 7.04. The number of pyridine rings is 1. The van der Waals surface area contributed by atoms with Crippen LogP contribution in [0.25, 0.3) is 22.2 Å². The van der Waals surface area contributed by atoms with E-state index in [1.54, 1.807) is 0 Å². The third kappa shape index (κ3) is 2.84. The lowest BCUT2D eigenvalue weighted by Gasteiger charge is -2.23. The average Bonchev–Trinajstić information content (AvgIpc) is 2.87. The molecule has 0 atom stereocenters. The third-order valence-corrected chi connectivity index (χ3v) is 3.29. The van der Waals surface area contributed by atoms with Gasteiger partial charge in [-0.25, -0.2) is 4.98 Å². The zero-order valence-corrected chi connectivity index (χ0v) is 12.6. The number of aromatic nitrogens is 2. The van der Waals surface area contributed by atoms with Gasteiger partial charge in [0.15, 0.2) is 0 Å². The highest BCUT2D eigenvalue weighted by atomic mass is 15.0. The minimum absolute atomic E-state index is 0.0127. The molecule has 0 aliphatic heterocycles. The number of hydrogen-bond donors (Lipinski definition) is 3. The van der Waals surface area contributed by atoms with Gasteiger partial charge in [0, 0.05) is 28.9 Å². The second-order valence-corrected chi connectivity index (χ2v) is 6.32. The van der Waals surface area contributed by atoms with E-state index < -0.39 is 0 Å². The van der Waals surface area contributed by atoms with Crippen LogP contribution in [0.5, 0.6) is 0 Å². The Hall–Kier alpha value is -2.49. The molecule has 0 aliphatic rings. The number of H-pyrrole nitrogens is 1. The summed E-state index contributed by atoms with van der Waals surface area (Å²) in [5.41, 5.74) is 10.9. The van der Waals surface area contributed by atoms with Crippen LogP contribution in [0.2, 0.25) is 0 Å². The van der Waals surface area contributed by atoms with Gasteiger partial charge in [-0.15, -0.1) is 0 Å². The number of nitrogens with zero attached hydrogens (tertiary/aromatic N) is 1. The molecule has 4 N–H and O–H groups in total. The maximum Gasteiger partial charge on any atom is 0.137 e. The van der Waals surface area contributed by atoms with Crippen molar-refractivity contribution < 1.29 is 0 Å². The van der Waals surface area contributed by atoms with Gasteiger partial charge in [0.2, 0.25) is 0 Å². The van der Waals surface area contributed by atoms with E-state index in [1.165, 1.54) is 0 Å². The molecule has 0 spiro atoms. The highest BCUT2D eigenvalue weighted by molar-refractivity contribution is 5.83. The van der Waals surface area contributed by atoms with E-state index in [9.17, 15) is 0 Å². The van der Waals surface area contributed by atoms with Crippen LogP contribution in [0, 0.1) is 0 Å². The fraction of sp³-hybridized carbons (Fsp3) is 0.235. The van der Waals surface area contributed by atoms with Crippen molar-refractivity contribution in [3.8, 4) is 11.1 Å². The number of nitrogens with two attached hydrogens (primary N) is 1. The molecule has 3 aromatic rings. The predicted molar refractivity (Wildman–Crippen MR) is 89.3 cm³/mol. The molecular weight excluding hydrogens is 260 g/mol. The molecule has 4 nitrogen and oxygen atoms in total. The first kappa shape index (κ1) is 13.5. The van der Waals surface area contributed by atoms with Crippen LogP contribution < -0.4 is 11.1 Å². The van der Waals surface area contributed by atoms with Gasteiger partial charge in [-0.05, 0) is 50.6 Å². The fourth-order valence-electron chi connectivity index (χ4n) is 2.36. The smallest absolute Gasteiger partial charge is 0.137 e. The van der Waals surface area contributed by atoms with Crippen molar-refractivity contribution in [3.05, 3.63) is 42.7 Å². The molecule has 0 bridgehead atoms. The van der Waals surface area contributed by atoms with E-state index in [0.29, 0.717) is 0 Å². The molecular formula is C17H20N4. The second-order valence-electron chi connectivity index (χ2n) is 6.32. The SMILES string of the molecule is CC(C)(C)Nc1ccc(-c2cnc3[nH]ccc3c2)cc1N. The average molecular weight is 280 g/mol. The summed E-state index contributed by atoms with van der Waals surface area (Å²) in [6, 6.07) is 10.2. The molecule has 0 fully saturated rings. The Morgan fingerprint density at radius 2 is 1.90 bits per heavy atom. The van der Waals surface area contributed by atoms with Crippen LogP contribution in [0.4, 0.5) is 11.4 Å². The van der Waals surface area contributed by atoms with Gasteiger partial charge in [0.05, 0.1) is 11.4 Å². The Kier molecular flexibility index (Phi) is 3.09. The summed E-state index contributed by atoms with van der Waals surface area (Å²) in [5, 5.41) is 4.51. The van der Waals surface area contributed by atoms with Crippen molar-refractivity contribution in [3.63, 3.8) is 0 Å². The number of anilines is 2. The number of fused-ring (bicyclic) bond motifs is 1. The number of nitrogens with one attached hydrogen (secondary N) is 2. The van der Waals surface area contributed by atoms with Gasteiger partial charge in [-0.1, -0.05) is 6.07 Å². The molecule has 4 heteroatoms. The van der Waals surface area contributed by atoms with Crippen molar-refractivity contribution >= 4 is 22.4 Å². The van der Waals surface area contributed by atoms with Gasteiger partial charge >= 0.3 is 0 Å². The summed E-state index contributed by atoms with van der Waals surface area (Å²) in [5.74, 6) is 0. The number of hydrogen-bond acceptors (Lipinski definition) is 3. The Labute approximate surface area is 124 Å². The molecule has 0 saturated carbocycles. The van der Waals surface area contributed by atoms with Crippen LogP contribution in [-0.2, 0) is 0 Å². The maximum absolute atomic E-state index is 6.17. The van der Waals surface area contributed by atoms with Gasteiger partial charge in [0.25, 0.3) is 0 Å². The van der Waals surface area contributed by atoms with Crippen molar-refractivity contribution in [2.75, 3.05) is 11.1 Å². The van der Waals surface area contributed by atoms with Crippen molar-refractivity contribution in [2.24, 2.45) is 0 Å².